The molecular weight excluding hydrogens is 1520 g/mol. The molecule has 37 nitrogen and oxygen atoms in total. The minimum atomic E-state index is -4.59. The van der Waals surface area contributed by atoms with Gasteiger partial charge in [-0.15, -0.1) is 5.10 Å². The van der Waals surface area contributed by atoms with Crippen molar-refractivity contribution in [3.63, 3.8) is 0 Å². The Kier molecular flexibility index (Phi) is 43.1. The summed E-state index contributed by atoms with van der Waals surface area (Å²) in [4.78, 5) is 180. The van der Waals surface area contributed by atoms with Crippen LogP contribution >= 0.6 is 7.60 Å². The Labute approximate surface area is 660 Å². The highest BCUT2D eigenvalue weighted by atomic mass is 31.2. The van der Waals surface area contributed by atoms with Crippen molar-refractivity contribution in [1.82, 2.24) is 45.2 Å². The Morgan fingerprint density at radius 2 is 1.06 bits per heavy atom. The Hall–Kier alpha value is -10.3. The van der Waals surface area contributed by atoms with Gasteiger partial charge in [0.05, 0.1) is 117 Å². The lowest BCUT2D eigenvalue weighted by Gasteiger charge is -2.28. The van der Waals surface area contributed by atoms with Gasteiger partial charge in [-0.1, -0.05) is 60.5 Å². The fourth-order valence-corrected chi connectivity index (χ4v) is 13.1. The van der Waals surface area contributed by atoms with Crippen LogP contribution in [0.2, 0.25) is 0 Å². The maximum atomic E-state index is 14.2. The average molecular weight is 1620 g/mol. The van der Waals surface area contributed by atoms with E-state index in [1.807, 2.05) is 48.5 Å². The number of aryl methyl sites for hydroxylation is 1. The van der Waals surface area contributed by atoms with Crippen LogP contribution in [0, 0.1) is 11.8 Å². The Morgan fingerprint density at radius 1 is 0.509 bits per heavy atom. The van der Waals surface area contributed by atoms with Gasteiger partial charge in [0.25, 0.3) is 0 Å². The molecule has 2 aliphatic rings. The van der Waals surface area contributed by atoms with E-state index >= 15 is 0 Å². The Bertz CT molecular complexity index is 3810. The maximum absolute atomic E-state index is 14.2. The number of methoxy groups -OCH3 is 3. The second-order valence-corrected chi connectivity index (χ2v) is 28.7. The third-order valence-electron chi connectivity index (χ3n) is 18.1. The number of ether oxygens (including phenoxy) is 7. The monoisotopic (exact) mass is 1620 g/mol. The summed E-state index contributed by atoms with van der Waals surface area (Å²) in [5.41, 5.74) is 4.26. The van der Waals surface area contributed by atoms with Gasteiger partial charge in [0.1, 0.15) is 48.7 Å². The Morgan fingerprint density at radius 3 is 1.68 bits per heavy atom. The van der Waals surface area contributed by atoms with Crippen LogP contribution in [0.3, 0.4) is 0 Å². The van der Waals surface area contributed by atoms with E-state index in [1.165, 1.54) is 31.1 Å². The highest BCUT2D eigenvalue weighted by molar-refractivity contribution is 7.52. The third kappa shape index (κ3) is 36.7. The first-order valence-corrected chi connectivity index (χ1v) is 39.4. The summed E-state index contributed by atoms with van der Waals surface area (Å²) >= 11 is 0. The number of hydrogen-bond donors (Lipinski definition) is 7. The van der Waals surface area contributed by atoms with Gasteiger partial charge >= 0.3 is 49.4 Å². The van der Waals surface area contributed by atoms with Crippen LogP contribution in [0.5, 0.6) is 0 Å². The second-order valence-electron chi connectivity index (χ2n) is 26.8. The van der Waals surface area contributed by atoms with Gasteiger partial charge in [-0.2, -0.15) is 0 Å². The third-order valence-corrected chi connectivity index (χ3v) is 19.5. The molecule has 0 radical (unpaired) electrons. The molecule has 5 rings (SSSR count). The van der Waals surface area contributed by atoms with E-state index in [1.54, 1.807) is 56.6 Å². The number of carbonyl (C=O) groups excluding carboxylic acids is 9. The van der Waals surface area contributed by atoms with E-state index in [-0.39, 0.29) is 134 Å². The van der Waals surface area contributed by atoms with E-state index in [9.17, 15) is 87.1 Å². The van der Waals surface area contributed by atoms with Crippen LogP contribution in [0.1, 0.15) is 121 Å². The minimum Gasteiger partial charge on any atom is -0.481 e. The van der Waals surface area contributed by atoms with Crippen molar-refractivity contribution in [2.75, 3.05) is 138 Å². The zero-order valence-corrected chi connectivity index (χ0v) is 65.6. The summed E-state index contributed by atoms with van der Waals surface area (Å²) in [5, 5.41) is 51.9. The van der Waals surface area contributed by atoms with Crippen molar-refractivity contribution in [2.45, 2.75) is 135 Å². The lowest BCUT2D eigenvalue weighted by Crippen LogP contribution is -2.41. The molecule has 2 unspecified atom stereocenters. The molecule has 0 saturated carbocycles. The fourth-order valence-electron chi connectivity index (χ4n) is 11.7. The molecule has 0 spiro atoms. The maximum Gasteiger partial charge on any atom is 0.328 e. The number of carbonyl (C=O) groups is 13. The summed E-state index contributed by atoms with van der Waals surface area (Å²) in [6.45, 7) is 2.48. The molecule has 1 aromatic heterocycles. The van der Waals surface area contributed by atoms with Crippen molar-refractivity contribution >= 4 is 90.1 Å². The molecular formula is C76H107N10O27P. The summed E-state index contributed by atoms with van der Waals surface area (Å²) < 4.78 is 56.1. The van der Waals surface area contributed by atoms with Crippen molar-refractivity contribution in [3.05, 3.63) is 91.3 Å². The number of amides is 3. The van der Waals surface area contributed by atoms with Crippen LogP contribution in [0.4, 0.5) is 5.69 Å². The number of para-hydroxylation sites is 1. The molecule has 0 saturated heterocycles. The first kappa shape index (κ1) is 94.3. The average Bonchev–Trinajstić information content (AvgIpc) is 1.53. The number of fused-ring (bicyclic) bond motifs is 5. The van der Waals surface area contributed by atoms with Crippen molar-refractivity contribution in [1.29, 1.82) is 0 Å². The van der Waals surface area contributed by atoms with Gasteiger partial charge in [-0.3, -0.25) is 62.1 Å². The molecule has 628 valence electrons. The van der Waals surface area contributed by atoms with Crippen molar-refractivity contribution < 1.29 is 130 Å². The van der Waals surface area contributed by atoms with E-state index in [0.29, 0.717) is 101 Å². The van der Waals surface area contributed by atoms with Crippen molar-refractivity contribution in [3.8, 4) is 22.5 Å². The van der Waals surface area contributed by atoms with Gasteiger partial charge in [0, 0.05) is 139 Å². The number of esters is 3. The Balaban J connectivity index is 0.913. The van der Waals surface area contributed by atoms with Gasteiger partial charge in [-0.05, 0) is 56.6 Å². The van der Waals surface area contributed by atoms with Crippen LogP contribution < -0.4 is 15.5 Å². The van der Waals surface area contributed by atoms with Gasteiger partial charge < -0.3 is 98.1 Å². The number of rotatable bonds is 56. The summed E-state index contributed by atoms with van der Waals surface area (Å²) in [7, 11) is -0.792. The van der Waals surface area contributed by atoms with Crippen LogP contribution in [-0.2, 0) is 118 Å². The second kappa shape index (κ2) is 52.2. The molecule has 0 bridgehead atoms. The molecule has 2 aliphatic heterocycles. The van der Waals surface area contributed by atoms with Crippen LogP contribution in [-0.4, -0.2) is 276 Å². The number of ketones is 3. The largest absolute Gasteiger partial charge is 0.481 e. The molecule has 114 heavy (non-hydrogen) atoms. The highest BCUT2D eigenvalue weighted by Gasteiger charge is 2.33. The standard InChI is InChI=1S/C76H107N10O27P/c1-106-69(95)51-82-33-31-81(32-34-83(52-70(96)107-2)36-38-84(37-35-82)53-71(97)108-3)50-66(91)77-29-13-30-86-73-61-17-9-8-14-56(61)49-85(64-19-11-10-18-62(64)72(73)79-80-86)67(92)25-23-58(87)16-12-39-109-42-44-111-46-47-112-45-43-110-40-28-59(88)15-6-4-5-7-20-65(90)78-63(76(102)103)24-22-60(89)48-55(74(98)99)27-41-113-114(104,105)54-57(75(100)101)21-26-68(93)94/h8-11,14,17-19,31,33,35-38,55,57,63H,4-7,12-13,15-16,20-30,32,34,39-54H2,1-3H3,(H,77,91)(H,78,90)(H,93,94)(H,98,99)(H,100,101)(H,102,103)(H,104,105)/b33-31?,37-35-,38-36-/t55-,57?,63-/m1/s1. The number of carboxylic acids is 4. The van der Waals surface area contributed by atoms with E-state index in [0.717, 1.165) is 16.8 Å². The quantitative estimate of drug-likeness (QED) is 0.0173. The molecule has 3 aromatic rings. The molecule has 3 amide bonds. The molecule has 0 aliphatic carbocycles. The molecule has 4 atom stereocenters. The number of anilines is 1. The molecule has 3 heterocycles. The molecule has 2 aromatic carbocycles. The fraction of sp³-hybridized carbons (Fsp3) is 0.566. The normalized spacial score (nSPS) is 14.6. The predicted molar refractivity (Wildman–Crippen MR) is 407 cm³/mol. The van der Waals surface area contributed by atoms with Gasteiger partial charge in [0.15, 0.2) is 0 Å². The van der Waals surface area contributed by atoms with E-state index in [2.05, 4.69) is 20.9 Å². The first-order valence-electron chi connectivity index (χ1n) is 37.6. The number of hydrogen-bond acceptors (Lipinski definition) is 28. The summed E-state index contributed by atoms with van der Waals surface area (Å²) in [5.74, 6) is -12.0. The van der Waals surface area contributed by atoms with Crippen molar-refractivity contribution in [2.24, 2.45) is 11.8 Å². The topological polar surface area (TPSA) is 485 Å². The number of benzene rings is 2. The SMILES string of the molecule is COC(=O)CN1C=CN(CC(=O)NCCCn2nnc3c2-c2ccccc2CN(C(=O)CCC(=O)CCCOCCOCCOCCOCCC(=O)CCCCCCC(=O)N[C@H](CCC(=O)C[C@@H](CCOP(=O)(O)CC(CCC(=O)O)C(=O)O)C(=O)O)C(=O)O)c2ccccc2-3)CCN(CC(=O)OC)/C=C\N(CC(=O)OC)/C=C\1. The molecule has 0 fully saturated rings. The van der Waals surface area contributed by atoms with Crippen LogP contribution in [0.25, 0.3) is 22.5 Å². The zero-order chi connectivity index (χ0) is 83.2. The highest BCUT2D eigenvalue weighted by Crippen LogP contribution is 2.45. The predicted octanol–water partition coefficient (Wildman–Crippen LogP) is 4.78. The number of aliphatic carboxylic acids is 4. The van der Waals surface area contributed by atoms with Gasteiger partial charge in [-0.25, -0.2) is 9.48 Å². The lowest BCUT2D eigenvalue weighted by molar-refractivity contribution is -0.145. The number of nitrogens with zero attached hydrogens (tertiary/aromatic N) is 8. The van der Waals surface area contributed by atoms with Crippen LogP contribution in [0.15, 0.2) is 85.7 Å². The van der Waals surface area contributed by atoms with Gasteiger partial charge in [0.2, 0.25) is 17.7 Å². The smallest absolute Gasteiger partial charge is 0.328 e. The zero-order valence-electron chi connectivity index (χ0n) is 64.7. The number of unbranched alkanes of at least 4 members (excludes halogenated alkanes) is 3. The van der Waals surface area contributed by atoms with E-state index < -0.39 is 124 Å². The first-order chi connectivity index (χ1) is 54.7. The lowest BCUT2D eigenvalue weighted by atomic mass is 9.95. The molecule has 7 N–H and O–H groups in total. The number of aromatic nitrogens is 3. The molecule has 38 heteroatoms. The number of Topliss-reactive ketones (excluding diaryl/α,β-unsaturated/α-hetero) is 3. The van der Waals surface area contributed by atoms with E-state index in [4.69, 9.17) is 42.8 Å². The summed E-state index contributed by atoms with van der Waals surface area (Å²) in [6.07, 6.45) is 9.73. The number of carboxylic acid groups (broad SMARTS) is 4. The minimum absolute atomic E-state index is 0.00615. The summed E-state index contributed by atoms with van der Waals surface area (Å²) in [6, 6.07) is 13.7. The number of nitrogens with one attached hydrogen (secondary N) is 2.